The summed E-state index contributed by atoms with van der Waals surface area (Å²) in [7, 11) is 0. The zero-order valence-corrected chi connectivity index (χ0v) is 9.16. The fraction of sp³-hybridized carbons (Fsp3) is 0.0769. The van der Waals surface area contributed by atoms with Gasteiger partial charge in [-0.05, 0) is 23.8 Å². The summed E-state index contributed by atoms with van der Waals surface area (Å²) in [6.45, 7) is 0. The van der Waals surface area contributed by atoms with Gasteiger partial charge in [0.15, 0.2) is 23.2 Å². The van der Waals surface area contributed by atoms with Crippen LogP contribution in [0.2, 0.25) is 0 Å². The molecule has 5 heteroatoms. The molecule has 2 aromatic rings. The van der Waals surface area contributed by atoms with E-state index in [2.05, 4.69) is 4.98 Å². The van der Waals surface area contributed by atoms with E-state index in [-0.39, 0.29) is 17.5 Å². The third kappa shape index (κ3) is 2.56. The van der Waals surface area contributed by atoms with Gasteiger partial charge in [0.2, 0.25) is 0 Å². The van der Waals surface area contributed by atoms with Crippen molar-refractivity contribution in [2.75, 3.05) is 0 Å². The summed E-state index contributed by atoms with van der Waals surface area (Å²) in [5.41, 5.74) is 0.171. The summed E-state index contributed by atoms with van der Waals surface area (Å²) in [4.78, 5) is 15.3. The molecule has 2 nitrogen and oxygen atoms in total. The molecule has 92 valence electrons. The Balaban J connectivity index is 2.22. The zero-order chi connectivity index (χ0) is 13.1. The van der Waals surface area contributed by atoms with Gasteiger partial charge in [-0.3, -0.25) is 9.78 Å². The average molecular weight is 251 g/mol. The minimum Gasteiger partial charge on any atom is -0.294 e. The highest BCUT2D eigenvalue weighted by Gasteiger charge is 2.13. The van der Waals surface area contributed by atoms with Crippen LogP contribution in [0.15, 0.2) is 36.7 Å². The fourth-order valence-corrected chi connectivity index (χ4v) is 1.53. The van der Waals surface area contributed by atoms with Crippen LogP contribution in [-0.4, -0.2) is 10.8 Å². The van der Waals surface area contributed by atoms with Gasteiger partial charge in [-0.1, -0.05) is 6.07 Å². The van der Waals surface area contributed by atoms with Crippen LogP contribution in [0.4, 0.5) is 13.2 Å². The Morgan fingerprint density at radius 1 is 1.06 bits per heavy atom. The molecule has 1 heterocycles. The van der Waals surface area contributed by atoms with Gasteiger partial charge in [0.1, 0.15) is 0 Å². The smallest absolute Gasteiger partial charge is 0.170 e. The van der Waals surface area contributed by atoms with Crippen molar-refractivity contribution >= 4 is 5.78 Å². The maximum absolute atomic E-state index is 13.3. The summed E-state index contributed by atoms with van der Waals surface area (Å²) in [6, 6.07) is 4.39. The van der Waals surface area contributed by atoms with Gasteiger partial charge in [0, 0.05) is 12.6 Å². The van der Waals surface area contributed by atoms with Gasteiger partial charge in [-0.15, -0.1) is 0 Å². The van der Waals surface area contributed by atoms with Gasteiger partial charge in [0.25, 0.3) is 0 Å². The van der Waals surface area contributed by atoms with Crippen molar-refractivity contribution in [3.63, 3.8) is 0 Å². The van der Waals surface area contributed by atoms with E-state index in [1.807, 2.05) is 0 Å². The van der Waals surface area contributed by atoms with E-state index in [1.165, 1.54) is 18.3 Å². The number of Topliss-reactive ketones (excluding diaryl/α,β-unsaturated/α-hetero) is 1. The van der Waals surface area contributed by atoms with Gasteiger partial charge in [-0.2, -0.15) is 0 Å². The lowest BCUT2D eigenvalue weighted by atomic mass is 10.0. The van der Waals surface area contributed by atoms with Gasteiger partial charge in [0.05, 0.1) is 11.8 Å². The van der Waals surface area contributed by atoms with Crippen LogP contribution in [0.3, 0.4) is 0 Å². The quantitative estimate of drug-likeness (QED) is 0.785. The van der Waals surface area contributed by atoms with E-state index in [9.17, 15) is 18.0 Å². The van der Waals surface area contributed by atoms with Crippen LogP contribution in [0.5, 0.6) is 0 Å². The van der Waals surface area contributed by atoms with Crippen molar-refractivity contribution < 1.29 is 18.0 Å². The molecule has 1 aromatic heterocycles. The summed E-state index contributed by atoms with van der Waals surface area (Å²) in [5, 5.41) is 0. The van der Waals surface area contributed by atoms with Crippen LogP contribution in [0, 0.1) is 17.5 Å². The molecule has 0 radical (unpaired) electrons. The van der Waals surface area contributed by atoms with Crippen molar-refractivity contribution in [3.05, 3.63) is 65.2 Å². The minimum absolute atomic E-state index is 0.116. The number of rotatable bonds is 3. The summed E-state index contributed by atoms with van der Waals surface area (Å²) >= 11 is 0. The Labute approximate surface area is 101 Å². The summed E-state index contributed by atoms with van der Waals surface area (Å²) < 4.78 is 38.9. The van der Waals surface area contributed by atoms with E-state index in [1.54, 1.807) is 0 Å². The first-order chi connectivity index (χ1) is 8.58. The first-order valence-electron chi connectivity index (χ1n) is 5.14. The third-order valence-electron chi connectivity index (χ3n) is 2.42. The Kier molecular flexibility index (Phi) is 3.41. The third-order valence-corrected chi connectivity index (χ3v) is 2.42. The fourth-order valence-electron chi connectivity index (χ4n) is 1.53. The number of nitrogens with zero attached hydrogens (tertiary/aromatic N) is 1. The van der Waals surface area contributed by atoms with Gasteiger partial charge >= 0.3 is 0 Å². The number of pyridine rings is 1. The van der Waals surface area contributed by atoms with E-state index >= 15 is 0 Å². The molecule has 0 spiro atoms. The second kappa shape index (κ2) is 5.00. The molecule has 0 amide bonds. The van der Waals surface area contributed by atoms with Crippen molar-refractivity contribution in [2.45, 2.75) is 6.42 Å². The molecule has 18 heavy (non-hydrogen) atoms. The number of halogens is 3. The molecule has 0 saturated carbocycles. The number of hydrogen-bond acceptors (Lipinski definition) is 2. The molecule has 0 N–H and O–H groups in total. The monoisotopic (exact) mass is 251 g/mol. The second-order valence-corrected chi connectivity index (χ2v) is 3.70. The predicted molar refractivity (Wildman–Crippen MR) is 58.6 cm³/mol. The molecule has 0 atom stereocenters. The first kappa shape index (κ1) is 12.3. The van der Waals surface area contributed by atoms with Crippen molar-refractivity contribution in [3.8, 4) is 0 Å². The molecule has 0 bridgehead atoms. The highest BCUT2D eigenvalue weighted by molar-refractivity contribution is 5.97. The minimum atomic E-state index is -1.03. The maximum Gasteiger partial charge on any atom is 0.170 e. The van der Waals surface area contributed by atoms with E-state index < -0.39 is 23.2 Å². The second-order valence-electron chi connectivity index (χ2n) is 3.70. The van der Waals surface area contributed by atoms with Crippen LogP contribution >= 0.6 is 0 Å². The van der Waals surface area contributed by atoms with Crippen LogP contribution < -0.4 is 0 Å². The Morgan fingerprint density at radius 2 is 1.83 bits per heavy atom. The molecule has 0 fully saturated rings. The van der Waals surface area contributed by atoms with E-state index in [0.717, 1.165) is 18.3 Å². The summed E-state index contributed by atoms with van der Waals surface area (Å²) in [5.74, 6) is -3.26. The SMILES string of the molecule is O=C(Cc1ccc(F)c(F)c1)c1ccncc1F. The molecule has 2 rings (SSSR count). The average Bonchev–Trinajstić information content (AvgIpc) is 2.34. The molecular formula is C13H8F3NO. The standard InChI is InChI=1S/C13H8F3NO/c14-10-2-1-8(5-11(10)15)6-13(18)9-3-4-17-7-12(9)16/h1-5,7H,6H2. The van der Waals surface area contributed by atoms with Crippen molar-refractivity contribution in [1.29, 1.82) is 0 Å². The maximum atomic E-state index is 13.3. The number of carbonyl (C=O) groups excluding carboxylic acids is 1. The molecule has 0 aliphatic rings. The van der Waals surface area contributed by atoms with Gasteiger partial charge in [-0.25, -0.2) is 13.2 Å². The molecular weight excluding hydrogens is 243 g/mol. The number of carbonyl (C=O) groups is 1. The van der Waals surface area contributed by atoms with Crippen molar-refractivity contribution in [2.24, 2.45) is 0 Å². The number of ketones is 1. The van der Waals surface area contributed by atoms with Crippen LogP contribution in [0.1, 0.15) is 15.9 Å². The largest absolute Gasteiger partial charge is 0.294 e. The highest BCUT2D eigenvalue weighted by atomic mass is 19.2. The van der Waals surface area contributed by atoms with Crippen LogP contribution in [-0.2, 0) is 6.42 Å². The Bertz CT molecular complexity index is 599. The van der Waals surface area contributed by atoms with Crippen molar-refractivity contribution in [1.82, 2.24) is 4.98 Å². The number of hydrogen-bond donors (Lipinski definition) is 0. The molecule has 0 aliphatic carbocycles. The number of benzene rings is 1. The van der Waals surface area contributed by atoms with E-state index in [0.29, 0.717) is 0 Å². The van der Waals surface area contributed by atoms with Gasteiger partial charge < -0.3 is 0 Å². The van der Waals surface area contributed by atoms with E-state index in [4.69, 9.17) is 0 Å². The molecule has 0 saturated heterocycles. The lowest BCUT2D eigenvalue weighted by Crippen LogP contribution is -2.07. The first-order valence-corrected chi connectivity index (χ1v) is 5.14. The molecule has 0 unspecified atom stereocenters. The topological polar surface area (TPSA) is 30.0 Å². The number of aromatic nitrogens is 1. The zero-order valence-electron chi connectivity index (χ0n) is 9.16. The molecule has 0 aliphatic heterocycles. The normalized spacial score (nSPS) is 10.4. The predicted octanol–water partition coefficient (Wildman–Crippen LogP) is 2.92. The summed E-state index contributed by atoms with van der Waals surface area (Å²) in [6.07, 6.45) is 2.03. The lowest BCUT2D eigenvalue weighted by Gasteiger charge is -2.03. The Hall–Kier alpha value is -2.17. The Morgan fingerprint density at radius 3 is 2.50 bits per heavy atom. The highest BCUT2D eigenvalue weighted by Crippen LogP contribution is 2.13. The lowest BCUT2D eigenvalue weighted by molar-refractivity contribution is 0.0989. The molecule has 1 aromatic carbocycles. The van der Waals surface area contributed by atoms with Crippen LogP contribution in [0.25, 0.3) is 0 Å².